The predicted octanol–water partition coefficient (Wildman–Crippen LogP) is 5.58. The molecule has 2 aromatic heterocycles. The third-order valence-corrected chi connectivity index (χ3v) is 6.45. The standard InChI is InChI=1S/C21H26N4OS2/c1-5-9-25-20(16-11-18(14(2)3)27-12-16)23-24-21(25)28-13-19(26)22-17-8-6-7-15(4)10-17/h6-8,10-12,14H,5,9,13H2,1-4H3,(H,22,26). The van der Waals surface area contributed by atoms with Gasteiger partial charge in [0.2, 0.25) is 5.91 Å². The van der Waals surface area contributed by atoms with Crippen LogP contribution in [-0.4, -0.2) is 26.4 Å². The van der Waals surface area contributed by atoms with Crippen LogP contribution in [0, 0.1) is 6.92 Å². The van der Waals surface area contributed by atoms with Crippen LogP contribution in [0.2, 0.25) is 0 Å². The van der Waals surface area contributed by atoms with Crippen LogP contribution in [0.3, 0.4) is 0 Å². The lowest BCUT2D eigenvalue weighted by atomic mass is 10.1. The third-order valence-electron chi connectivity index (χ3n) is 4.25. The molecule has 0 unspecified atom stereocenters. The van der Waals surface area contributed by atoms with E-state index in [1.807, 2.05) is 31.2 Å². The minimum absolute atomic E-state index is 0.0409. The molecule has 1 amide bonds. The monoisotopic (exact) mass is 414 g/mol. The second-order valence-electron chi connectivity index (χ2n) is 7.06. The molecule has 148 valence electrons. The van der Waals surface area contributed by atoms with Crippen LogP contribution in [-0.2, 0) is 11.3 Å². The summed E-state index contributed by atoms with van der Waals surface area (Å²) < 4.78 is 2.12. The summed E-state index contributed by atoms with van der Waals surface area (Å²) in [6.45, 7) is 9.36. The van der Waals surface area contributed by atoms with E-state index in [0.29, 0.717) is 11.7 Å². The first-order chi connectivity index (χ1) is 13.5. The maximum absolute atomic E-state index is 12.3. The quantitative estimate of drug-likeness (QED) is 0.489. The topological polar surface area (TPSA) is 59.8 Å². The number of hydrogen-bond donors (Lipinski definition) is 1. The lowest BCUT2D eigenvalue weighted by Crippen LogP contribution is -2.14. The van der Waals surface area contributed by atoms with Gasteiger partial charge >= 0.3 is 0 Å². The summed E-state index contributed by atoms with van der Waals surface area (Å²) in [5.74, 6) is 1.64. The number of rotatable bonds is 8. The summed E-state index contributed by atoms with van der Waals surface area (Å²) in [5, 5.41) is 14.6. The van der Waals surface area contributed by atoms with Crippen molar-refractivity contribution >= 4 is 34.7 Å². The smallest absolute Gasteiger partial charge is 0.234 e. The van der Waals surface area contributed by atoms with E-state index < -0.39 is 0 Å². The molecule has 0 fully saturated rings. The molecule has 1 N–H and O–H groups in total. The minimum Gasteiger partial charge on any atom is -0.325 e. The Morgan fingerprint density at radius 1 is 1.29 bits per heavy atom. The van der Waals surface area contributed by atoms with Crippen molar-refractivity contribution in [2.45, 2.75) is 51.7 Å². The fraction of sp³-hybridized carbons (Fsp3) is 0.381. The van der Waals surface area contributed by atoms with Crippen LogP contribution < -0.4 is 5.32 Å². The van der Waals surface area contributed by atoms with E-state index in [2.05, 4.69) is 52.3 Å². The van der Waals surface area contributed by atoms with Crippen molar-refractivity contribution in [2.75, 3.05) is 11.1 Å². The Labute approximate surface area is 174 Å². The zero-order chi connectivity index (χ0) is 20.1. The molecule has 7 heteroatoms. The van der Waals surface area contributed by atoms with Gasteiger partial charge in [-0.1, -0.05) is 44.7 Å². The molecular formula is C21H26N4OS2. The van der Waals surface area contributed by atoms with Crippen LogP contribution in [0.4, 0.5) is 5.69 Å². The number of aryl methyl sites for hydroxylation is 1. The van der Waals surface area contributed by atoms with Crippen molar-refractivity contribution in [3.8, 4) is 11.4 Å². The maximum atomic E-state index is 12.3. The molecule has 1 aromatic carbocycles. The number of thioether (sulfide) groups is 1. The summed E-state index contributed by atoms with van der Waals surface area (Å²) in [6, 6.07) is 10.0. The Bertz CT molecular complexity index is 946. The first-order valence-electron chi connectivity index (χ1n) is 9.49. The summed E-state index contributed by atoms with van der Waals surface area (Å²) in [6.07, 6.45) is 0.981. The number of aromatic nitrogens is 3. The van der Waals surface area contributed by atoms with Gasteiger partial charge in [-0.2, -0.15) is 0 Å². The third kappa shape index (κ3) is 5.02. The molecule has 0 aliphatic carbocycles. The molecule has 2 heterocycles. The zero-order valence-corrected chi connectivity index (χ0v) is 18.4. The molecule has 28 heavy (non-hydrogen) atoms. The molecule has 0 saturated carbocycles. The number of benzene rings is 1. The first-order valence-corrected chi connectivity index (χ1v) is 11.4. The van der Waals surface area contributed by atoms with Crippen LogP contribution in [0.15, 0.2) is 40.9 Å². The predicted molar refractivity (Wildman–Crippen MR) is 118 cm³/mol. The van der Waals surface area contributed by atoms with E-state index in [4.69, 9.17) is 0 Å². The van der Waals surface area contributed by atoms with Gasteiger partial charge in [-0.3, -0.25) is 4.79 Å². The number of nitrogens with one attached hydrogen (secondary N) is 1. The Balaban J connectivity index is 1.71. The normalized spacial score (nSPS) is 11.2. The Hall–Kier alpha value is -2.12. The number of carbonyl (C=O) groups is 1. The van der Waals surface area contributed by atoms with Crippen molar-refractivity contribution in [3.63, 3.8) is 0 Å². The van der Waals surface area contributed by atoms with Gasteiger partial charge in [-0.25, -0.2) is 0 Å². The molecule has 0 aliphatic rings. The van der Waals surface area contributed by atoms with Crippen molar-refractivity contribution in [2.24, 2.45) is 0 Å². The number of anilines is 1. The average molecular weight is 415 g/mol. The molecule has 0 bridgehead atoms. The summed E-state index contributed by atoms with van der Waals surface area (Å²) in [7, 11) is 0. The minimum atomic E-state index is -0.0409. The first kappa shape index (κ1) is 20.6. The Morgan fingerprint density at radius 2 is 2.11 bits per heavy atom. The summed E-state index contributed by atoms with van der Waals surface area (Å²) in [4.78, 5) is 13.7. The van der Waals surface area contributed by atoms with Gasteiger partial charge in [-0.05, 0) is 43.0 Å². The molecular weight excluding hydrogens is 388 g/mol. The highest BCUT2D eigenvalue weighted by molar-refractivity contribution is 7.99. The van der Waals surface area contributed by atoms with Crippen LogP contribution >= 0.6 is 23.1 Å². The van der Waals surface area contributed by atoms with Crippen LogP contribution in [0.5, 0.6) is 0 Å². The fourth-order valence-corrected chi connectivity index (χ4v) is 4.53. The molecule has 0 spiro atoms. The highest BCUT2D eigenvalue weighted by Gasteiger charge is 2.17. The fourth-order valence-electron chi connectivity index (χ4n) is 2.86. The Kier molecular flexibility index (Phi) is 6.91. The van der Waals surface area contributed by atoms with E-state index in [-0.39, 0.29) is 5.91 Å². The largest absolute Gasteiger partial charge is 0.325 e. The molecule has 0 aliphatic heterocycles. The Morgan fingerprint density at radius 3 is 2.79 bits per heavy atom. The second kappa shape index (κ2) is 9.39. The van der Waals surface area contributed by atoms with Gasteiger partial charge in [0.1, 0.15) is 0 Å². The van der Waals surface area contributed by atoms with E-state index >= 15 is 0 Å². The highest BCUT2D eigenvalue weighted by Crippen LogP contribution is 2.31. The van der Waals surface area contributed by atoms with Gasteiger partial charge in [0.05, 0.1) is 5.75 Å². The van der Waals surface area contributed by atoms with Gasteiger partial charge < -0.3 is 9.88 Å². The van der Waals surface area contributed by atoms with Gasteiger partial charge in [-0.15, -0.1) is 21.5 Å². The van der Waals surface area contributed by atoms with Crippen molar-refractivity contribution < 1.29 is 4.79 Å². The lowest BCUT2D eigenvalue weighted by Gasteiger charge is -2.09. The summed E-state index contributed by atoms with van der Waals surface area (Å²) >= 11 is 3.18. The molecule has 5 nitrogen and oxygen atoms in total. The molecule has 3 aromatic rings. The van der Waals surface area contributed by atoms with E-state index in [0.717, 1.165) is 40.8 Å². The number of amides is 1. The number of thiophene rings is 1. The molecule has 0 saturated heterocycles. The SMILES string of the molecule is CCCn1c(SCC(=O)Nc2cccc(C)c2)nnc1-c1csc(C(C)C)c1. The lowest BCUT2D eigenvalue weighted by molar-refractivity contribution is -0.113. The number of hydrogen-bond acceptors (Lipinski definition) is 5. The molecule has 0 atom stereocenters. The zero-order valence-electron chi connectivity index (χ0n) is 16.7. The number of carbonyl (C=O) groups excluding carboxylic acids is 1. The van der Waals surface area contributed by atoms with Crippen LogP contribution in [0.25, 0.3) is 11.4 Å². The summed E-state index contributed by atoms with van der Waals surface area (Å²) in [5.41, 5.74) is 3.04. The highest BCUT2D eigenvalue weighted by atomic mass is 32.2. The van der Waals surface area contributed by atoms with E-state index in [9.17, 15) is 4.79 Å². The van der Waals surface area contributed by atoms with Gasteiger partial charge in [0, 0.05) is 28.1 Å². The van der Waals surface area contributed by atoms with E-state index in [1.54, 1.807) is 11.3 Å². The molecule has 3 rings (SSSR count). The maximum Gasteiger partial charge on any atom is 0.234 e. The van der Waals surface area contributed by atoms with Gasteiger partial charge in [0.25, 0.3) is 0 Å². The van der Waals surface area contributed by atoms with Crippen molar-refractivity contribution in [1.82, 2.24) is 14.8 Å². The van der Waals surface area contributed by atoms with Gasteiger partial charge in [0.15, 0.2) is 11.0 Å². The number of nitrogens with zero attached hydrogens (tertiary/aromatic N) is 3. The van der Waals surface area contributed by atoms with Crippen molar-refractivity contribution in [3.05, 3.63) is 46.2 Å². The van der Waals surface area contributed by atoms with Crippen molar-refractivity contribution in [1.29, 1.82) is 0 Å². The second-order valence-corrected chi connectivity index (χ2v) is 8.94. The van der Waals surface area contributed by atoms with E-state index in [1.165, 1.54) is 16.6 Å². The molecule has 0 radical (unpaired) electrons. The van der Waals surface area contributed by atoms with Crippen LogP contribution in [0.1, 0.15) is 43.6 Å². The average Bonchev–Trinajstić information content (AvgIpc) is 3.27.